The highest BCUT2D eigenvalue weighted by Gasteiger charge is 2.03. The van der Waals surface area contributed by atoms with E-state index in [1.165, 1.54) is 25.0 Å². The Morgan fingerprint density at radius 2 is 2.13 bits per heavy atom. The Morgan fingerprint density at radius 1 is 1.27 bits per heavy atom. The second-order valence-corrected chi connectivity index (χ2v) is 4.03. The predicted octanol–water partition coefficient (Wildman–Crippen LogP) is 3.55. The number of nitrogens with zero attached hydrogens (tertiary/aromatic N) is 1. The molecule has 0 saturated carbocycles. The van der Waals surface area contributed by atoms with Crippen molar-refractivity contribution in [3.8, 4) is 0 Å². The lowest BCUT2D eigenvalue weighted by atomic mass is 10.2. The summed E-state index contributed by atoms with van der Waals surface area (Å²) in [6.07, 6.45) is 14.8. The summed E-state index contributed by atoms with van der Waals surface area (Å²) in [5, 5.41) is 0. The fourth-order valence-corrected chi connectivity index (χ4v) is 1.72. The van der Waals surface area contributed by atoms with Crippen LogP contribution in [0.15, 0.2) is 36.0 Å². The first kappa shape index (κ1) is 12.3. The van der Waals surface area contributed by atoms with Crippen molar-refractivity contribution in [1.29, 1.82) is 0 Å². The molecule has 0 bridgehead atoms. The van der Waals surface area contributed by atoms with Crippen molar-refractivity contribution in [3.05, 3.63) is 36.0 Å². The molecule has 1 rings (SSSR count). The lowest BCUT2D eigenvalue weighted by Gasteiger charge is -2.20. The highest BCUT2D eigenvalue weighted by Crippen LogP contribution is 2.07. The first-order valence-electron chi connectivity index (χ1n) is 6.11. The van der Waals surface area contributed by atoms with E-state index in [1.54, 1.807) is 0 Å². The van der Waals surface area contributed by atoms with Gasteiger partial charge in [-0.1, -0.05) is 50.6 Å². The van der Waals surface area contributed by atoms with Crippen LogP contribution in [0.5, 0.6) is 0 Å². The number of hydrogen-bond donors (Lipinski definition) is 0. The fraction of sp³-hybridized carbons (Fsp3) is 0.571. The van der Waals surface area contributed by atoms with Gasteiger partial charge in [-0.05, 0) is 31.5 Å². The van der Waals surface area contributed by atoms with Gasteiger partial charge in [0.25, 0.3) is 0 Å². The topological polar surface area (TPSA) is 3.24 Å². The highest BCUT2D eigenvalue weighted by atomic mass is 15.1. The number of allylic oxidation sites excluding steroid dienone is 4. The molecule has 0 aromatic carbocycles. The maximum atomic E-state index is 2.51. The van der Waals surface area contributed by atoms with Crippen LogP contribution in [-0.2, 0) is 0 Å². The van der Waals surface area contributed by atoms with E-state index in [0.29, 0.717) is 0 Å². The van der Waals surface area contributed by atoms with E-state index in [2.05, 4.69) is 49.1 Å². The molecule has 84 valence electrons. The van der Waals surface area contributed by atoms with Gasteiger partial charge >= 0.3 is 0 Å². The minimum Gasteiger partial charge on any atom is -0.299 e. The van der Waals surface area contributed by atoms with Crippen LogP contribution >= 0.6 is 0 Å². The molecule has 0 spiro atoms. The molecule has 0 fully saturated rings. The van der Waals surface area contributed by atoms with E-state index in [9.17, 15) is 0 Å². The molecule has 0 radical (unpaired) electrons. The summed E-state index contributed by atoms with van der Waals surface area (Å²) in [7, 11) is 0. The maximum Gasteiger partial charge on any atom is 0.0233 e. The molecule has 0 unspecified atom stereocenters. The normalized spacial score (nSPS) is 15.5. The van der Waals surface area contributed by atoms with Gasteiger partial charge in [0.15, 0.2) is 0 Å². The van der Waals surface area contributed by atoms with E-state index in [0.717, 1.165) is 19.5 Å². The molecular weight excluding hydrogens is 182 g/mol. The van der Waals surface area contributed by atoms with E-state index >= 15 is 0 Å². The monoisotopic (exact) mass is 205 g/mol. The predicted molar refractivity (Wildman–Crippen MR) is 68.0 cm³/mol. The molecule has 0 aromatic rings. The minimum atomic E-state index is 1.07. The largest absolute Gasteiger partial charge is 0.299 e. The van der Waals surface area contributed by atoms with Crippen LogP contribution in [0.3, 0.4) is 0 Å². The molecule has 1 heteroatoms. The fourth-order valence-electron chi connectivity index (χ4n) is 1.72. The summed E-state index contributed by atoms with van der Waals surface area (Å²) in [5.74, 6) is 0. The zero-order valence-corrected chi connectivity index (χ0v) is 10.1. The zero-order valence-electron chi connectivity index (χ0n) is 10.1. The van der Waals surface area contributed by atoms with Gasteiger partial charge in [-0.3, -0.25) is 4.90 Å². The van der Waals surface area contributed by atoms with E-state index in [1.807, 2.05) is 0 Å². The van der Waals surface area contributed by atoms with Crippen LogP contribution in [-0.4, -0.2) is 24.5 Å². The van der Waals surface area contributed by atoms with E-state index in [-0.39, 0.29) is 0 Å². The molecule has 0 saturated heterocycles. The average Bonchev–Trinajstić information content (AvgIpc) is 2.52. The van der Waals surface area contributed by atoms with Crippen LogP contribution in [0.2, 0.25) is 0 Å². The number of hydrogen-bond acceptors (Lipinski definition) is 1. The van der Waals surface area contributed by atoms with E-state index < -0.39 is 0 Å². The molecule has 0 atom stereocenters. The van der Waals surface area contributed by atoms with Crippen molar-refractivity contribution >= 4 is 0 Å². The minimum absolute atomic E-state index is 1.07. The Labute approximate surface area is 94.2 Å². The third-order valence-electron chi connectivity index (χ3n) is 2.73. The lowest BCUT2D eigenvalue weighted by molar-refractivity contribution is 0.309. The zero-order chi connectivity index (χ0) is 10.9. The Kier molecular flexibility index (Phi) is 6.10. The van der Waals surface area contributed by atoms with Crippen LogP contribution in [0, 0.1) is 0 Å². The Morgan fingerprint density at radius 3 is 2.87 bits per heavy atom. The molecule has 0 aromatic heterocycles. The number of likely N-dealkylation sites (N-methyl/N-ethyl adjacent to an activating group) is 1. The van der Waals surface area contributed by atoms with Gasteiger partial charge in [-0.15, -0.1) is 0 Å². The summed E-state index contributed by atoms with van der Waals surface area (Å²) >= 11 is 0. The summed E-state index contributed by atoms with van der Waals surface area (Å²) in [4.78, 5) is 2.51. The molecule has 1 aliphatic carbocycles. The Balaban J connectivity index is 2.42. The third kappa shape index (κ3) is 4.98. The summed E-state index contributed by atoms with van der Waals surface area (Å²) in [6.45, 7) is 7.96. The Bertz CT molecular complexity index is 248. The first-order chi connectivity index (χ1) is 7.36. The van der Waals surface area contributed by atoms with Gasteiger partial charge in [0.2, 0.25) is 0 Å². The lowest BCUT2D eigenvalue weighted by Crippen LogP contribution is -2.26. The second kappa shape index (κ2) is 7.47. The SMILES string of the molecule is CCCCN(CC)CC1=CC=CCC=C1. The smallest absolute Gasteiger partial charge is 0.0233 e. The quantitative estimate of drug-likeness (QED) is 0.641. The third-order valence-corrected chi connectivity index (χ3v) is 2.73. The van der Waals surface area contributed by atoms with Gasteiger partial charge in [0.05, 0.1) is 0 Å². The van der Waals surface area contributed by atoms with E-state index in [4.69, 9.17) is 0 Å². The van der Waals surface area contributed by atoms with Crippen molar-refractivity contribution in [2.24, 2.45) is 0 Å². The summed E-state index contributed by atoms with van der Waals surface area (Å²) < 4.78 is 0. The van der Waals surface area contributed by atoms with Gasteiger partial charge in [0, 0.05) is 6.54 Å². The maximum absolute atomic E-state index is 2.51. The van der Waals surface area contributed by atoms with Gasteiger partial charge in [-0.25, -0.2) is 0 Å². The molecule has 0 amide bonds. The van der Waals surface area contributed by atoms with Crippen molar-refractivity contribution < 1.29 is 0 Å². The molecule has 1 aliphatic rings. The summed E-state index contributed by atoms with van der Waals surface area (Å²) in [6, 6.07) is 0. The Hall–Kier alpha value is -0.820. The average molecular weight is 205 g/mol. The van der Waals surface area contributed by atoms with Crippen molar-refractivity contribution in [1.82, 2.24) is 4.90 Å². The van der Waals surface area contributed by atoms with Crippen molar-refractivity contribution in [2.45, 2.75) is 33.1 Å². The van der Waals surface area contributed by atoms with Gasteiger partial charge in [-0.2, -0.15) is 0 Å². The second-order valence-electron chi connectivity index (χ2n) is 4.03. The van der Waals surface area contributed by atoms with Crippen LogP contribution < -0.4 is 0 Å². The number of rotatable bonds is 6. The van der Waals surface area contributed by atoms with Gasteiger partial charge in [0.1, 0.15) is 0 Å². The van der Waals surface area contributed by atoms with Crippen LogP contribution in [0.4, 0.5) is 0 Å². The first-order valence-corrected chi connectivity index (χ1v) is 6.11. The van der Waals surface area contributed by atoms with Crippen LogP contribution in [0.1, 0.15) is 33.1 Å². The molecule has 0 aliphatic heterocycles. The highest BCUT2D eigenvalue weighted by molar-refractivity contribution is 5.28. The summed E-state index contributed by atoms with van der Waals surface area (Å²) in [5.41, 5.74) is 1.43. The molecule has 15 heavy (non-hydrogen) atoms. The van der Waals surface area contributed by atoms with Crippen molar-refractivity contribution in [2.75, 3.05) is 19.6 Å². The van der Waals surface area contributed by atoms with Gasteiger partial charge < -0.3 is 0 Å². The standard InChI is InChI=1S/C14H23N/c1-3-5-12-15(4-2)13-14-10-8-6-7-9-11-14/h6,8-11H,3-5,7,12-13H2,1-2H3. The number of unbranched alkanes of at least 4 members (excludes halogenated alkanes) is 1. The molecule has 0 heterocycles. The molecular formula is C14H23N. The van der Waals surface area contributed by atoms with Crippen molar-refractivity contribution in [3.63, 3.8) is 0 Å². The molecule has 1 nitrogen and oxygen atoms in total. The molecule has 0 N–H and O–H groups in total. The van der Waals surface area contributed by atoms with Crippen LogP contribution in [0.25, 0.3) is 0 Å².